The Balaban J connectivity index is 2.48. The Morgan fingerprint density at radius 3 is 2.50 bits per heavy atom. The molecule has 22 heavy (non-hydrogen) atoms. The quantitative estimate of drug-likeness (QED) is 0.846. The highest BCUT2D eigenvalue weighted by Gasteiger charge is 2.44. The Labute approximate surface area is 124 Å². The van der Waals surface area contributed by atoms with Gasteiger partial charge in [-0.25, -0.2) is 0 Å². The largest absolute Gasteiger partial charge is 0.431 e. The number of carbonyl (C=O) groups excluding carboxylic acids is 2. The minimum atomic E-state index is -4.75. The molecule has 1 aromatic rings. The number of allylic oxidation sites excluding steroid dienone is 1. The number of hydrogen-bond acceptors (Lipinski definition) is 4. The van der Waals surface area contributed by atoms with Crippen molar-refractivity contribution in [2.24, 2.45) is 0 Å². The fourth-order valence-electron chi connectivity index (χ4n) is 2.15. The summed E-state index contributed by atoms with van der Waals surface area (Å²) in [6, 6.07) is 4.33. The van der Waals surface area contributed by atoms with E-state index < -0.39 is 24.1 Å². The number of carbonyl (C=O) groups is 2. The molecule has 5 nitrogen and oxygen atoms in total. The van der Waals surface area contributed by atoms with Crippen molar-refractivity contribution < 1.29 is 27.9 Å². The van der Waals surface area contributed by atoms with Crippen LogP contribution in [0.3, 0.4) is 0 Å². The third kappa shape index (κ3) is 2.69. The van der Waals surface area contributed by atoms with E-state index in [1.165, 1.54) is 12.1 Å². The minimum Gasteiger partial charge on any atom is -0.356 e. The molecular weight excluding hydrogens is 301 g/mol. The number of hydrogen-bond donors (Lipinski definition) is 1. The van der Waals surface area contributed by atoms with E-state index in [4.69, 9.17) is 0 Å². The summed E-state index contributed by atoms with van der Waals surface area (Å²) >= 11 is 0. The van der Waals surface area contributed by atoms with Crippen molar-refractivity contribution in [1.82, 2.24) is 4.90 Å². The molecule has 0 aromatic heterocycles. The van der Waals surface area contributed by atoms with Gasteiger partial charge in [-0.1, -0.05) is 6.07 Å². The highest BCUT2D eigenvalue weighted by Crippen LogP contribution is 2.34. The summed E-state index contributed by atoms with van der Waals surface area (Å²) in [7, 11) is 1.03. The number of aldehydes is 1. The van der Waals surface area contributed by atoms with Crippen LogP contribution < -0.4 is 4.90 Å². The molecule has 0 spiro atoms. The maximum Gasteiger partial charge on any atom is 0.431 e. The van der Waals surface area contributed by atoms with Gasteiger partial charge in [0.15, 0.2) is 0 Å². The molecular formula is C14H13F3N2O3. The Morgan fingerprint density at radius 1 is 1.32 bits per heavy atom. The van der Waals surface area contributed by atoms with Gasteiger partial charge >= 0.3 is 6.18 Å². The van der Waals surface area contributed by atoms with Crippen molar-refractivity contribution in [3.63, 3.8) is 0 Å². The Kier molecular flexibility index (Phi) is 3.97. The van der Waals surface area contributed by atoms with Crippen LogP contribution in [0.2, 0.25) is 0 Å². The summed E-state index contributed by atoms with van der Waals surface area (Å²) in [5, 5.41) is 10.0. The first-order chi connectivity index (χ1) is 10.2. The molecule has 1 N–H and O–H groups in total. The van der Waals surface area contributed by atoms with E-state index in [2.05, 4.69) is 0 Å². The van der Waals surface area contributed by atoms with Gasteiger partial charge in [0.25, 0.3) is 5.91 Å². The summed E-state index contributed by atoms with van der Waals surface area (Å²) < 4.78 is 38.4. The zero-order chi connectivity index (χ0) is 16.7. The van der Waals surface area contributed by atoms with Crippen LogP contribution in [-0.4, -0.2) is 41.8 Å². The number of anilines is 1. The lowest BCUT2D eigenvalue weighted by Crippen LogP contribution is -2.54. The number of amides is 1. The molecule has 118 valence electrons. The number of aliphatic hydroxyl groups excluding tert-OH is 1. The normalized spacial score (nSPS) is 19.3. The summed E-state index contributed by atoms with van der Waals surface area (Å²) in [6.07, 6.45) is -5.59. The van der Waals surface area contributed by atoms with Crippen LogP contribution >= 0.6 is 0 Å². The van der Waals surface area contributed by atoms with E-state index >= 15 is 0 Å². The molecule has 1 unspecified atom stereocenters. The highest BCUT2D eigenvalue weighted by atomic mass is 19.4. The third-order valence-corrected chi connectivity index (χ3v) is 3.41. The molecule has 0 fully saturated rings. The molecule has 1 aliphatic heterocycles. The van der Waals surface area contributed by atoms with E-state index in [0.717, 1.165) is 11.9 Å². The van der Waals surface area contributed by atoms with Crippen molar-refractivity contribution in [2.75, 3.05) is 11.9 Å². The van der Waals surface area contributed by atoms with E-state index in [-0.39, 0.29) is 11.3 Å². The standard InChI is InChI=1S/C14H13F3N2O3/c1-8-3-4-10(5-9(8)7-20)19-12(21)6-11(14(15,16)17)18(2)13(19)22/h3-7,13,22H,1-2H3. The van der Waals surface area contributed by atoms with Crippen molar-refractivity contribution in [2.45, 2.75) is 19.5 Å². The van der Waals surface area contributed by atoms with Crippen molar-refractivity contribution in [3.8, 4) is 0 Å². The Morgan fingerprint density at radius 2 is 1.95 bits per heavy atom. The first-order valence-corrected chi connectivity index (χ1v) is 6.25. The Bertz CT molecular complexity index is 655. The Hall–Kier alpha value is -2.35. The smallest absolute Gasteiger partial charge is 0.356 e. The first-order valence-electron chi connectivity index (χ1n) is 6.25. The lowest BCUT2D eigenvalue weighted by molar-refractivity contribution is -0.138. The number of benzene rings is 1. The van der Waals surface area contributed by atoms with Crippen LogP contribution in [0, 0.1) is 6.92 Å². The van der Waals surface area contributed by atoms with Crippen LogP contribution in [0.4, 0.5) is 18.9 Å². The summed E-state index contributed by atoms with van der Waals surface area (Å²) in [4.78, 5) is 24.2. The molecule has 1 amide bonds. The molecule has 0 saturated carbocycles. The van der Waals surface area contributed by atoms with E-state index in [0.29, 0.717) is 22.8 Å². The molecule has 8 heteroatoms. The molecule has 0 saturated heterocycles. The second-order valence-electron chi connectivity index (χ2n) is 4.85. The zero-order valence-corrected chi connectivity index (χ0v) is 11.8. The predicted octanol–water partition coefficient (Wildman–Crippen LogP) is 1.81. The van der Waals surface area contributed by atoms with Gasteiger partial charge < -0.3 is 10.0 Å². The summed E-state index contributed by atoms with van der Waals surface area (Å²) in [5.41, 5.74) is -0.165. The number of halogens is 3. The molecule has 0 aliphatic carbocycles. The summed E-state index contributed by atoms with van der Waals surface area (Å²) in [5.74, 6) is -1.02. The van der Waals surface area contributed by atoms with Crippen molar-refractivity contribution in [1.29, 1.82) is 0 Å². The third-order valence-electron chi connectivity index (χ3n) is 3.41. The van der Waals surface area contributed by atoms with Gasteiger partial charge in [0.2, 0.25) is 6.35 Å². The average molecular weight is 314 g/mol. The second-order valence-corrected chi connectivity index (χ2v) is 4.85. The molecule has 2 rings (SSSR count). The topological polar surface area (TPSA) is 60.9 Å². The lowest BCUT2D eigenvalue weighted by atomic mass is 10.1. The van der Waals surface area contributed by atoms with Gasteiger partial charge in [0.05, 0.1) is 0 Å². The second kappa shape index (κ2) is 5.45. The molecule has 1 aromatic carbocycles. The van der Waals surface area contributed by atoms with E-state index in [1.807, 2.05) is 0 Å². The highest BCUT2D eigenvalue weighted by molar-refractivity contribution is 6.03. The van der Waals surface area contributed by atoms with Crippen LogP contribution in [0.25, 0.3) is 0 Å². The van der Waals surface area contributed by atoms with Crippen LogP contribution in [0.5, 0.6) is 0 Å². The van der Waals surface area contributed by atoms with Crippen molar-refractivity contribution >= 4 is 17.9 Å². The van der Waals surface area contributed by atoms with Crippen molar-refractivity contribution in [3.05, 3.63) is 41.1 Å². The molecule has 1 aliphatic rings. The molecule has 1 atom stereocenters. The first kappa shape index (κ1) is 16.0. The number of nitrogens with zero attached hydrogens (tertiary/aromatic N) is 2. The fourth-order valence-corrected chi connectivity index (χ4v) is 2.15. The number of alkyl halides is 3. The van der Waals surface area contributed by atoms with Gasteiger partial charge in [-0.05, 0) is 24.6 Å². The maximum absolute atomic E-state index is 12.8. The van der Waals surface area contributed by atoms with Gasteiger partial charge in [-0.2, -0.15) is 13.2 Å². The summed E-state index contributed by atoms with van der Waals surface area (Å²) in [6.45, 7) is 1.68. The number of rotatable bonds is 2. The van der Waals surface area contributed by atoms with Gasteiger partial charge in [0.1, 0.15) is 12.0 Å². The average Bonchev–Trinajstić information content (AvgIpc) is 2.43. The van der Waals surface area contributed by atoms with Crippen LogP contribution in [0.1, 0.15) is 15.9 Å². The molecule has 1 heterocycles. The molecule has 0 bridgehead atoms. The van der Waals surface area contributed by atoms with Crippen LogP contribution in [0.15, 0.2) is 30.0 Å². The zero-order valence-electron chi connectivity index (χ0n) is 11.8. The fraction of sp³-hybridized carbons (Fsp3) is 0.286. The maximum atomic E-state index is 12.8. The van der Waals surface area contributed by atoms with Gasteiger partial charge in [-0.3, -0.25) is 14.5 Å². The van der Waals surface area contributed by atoms with Gasteiger partial charge in [0, 0.05) is 24.4 Å². The molecule has 0 radical (unpaired) electrons. The van der Waals surface area contributed by atoms with Crippen LogP contribution in [-0.2, 0) is 4.79 Å². The SMILES string of the molecule is Cc1ccc(N2C(=O)C=C(C(F)(F)F)N(C)C2O)cc1C=O. The lowest BCUT2D eigenvalue weighted by Gasteiger charge is -2.39. The minimum absolute atomic E-state index is 0.134. The van der Waals surface area contributed by atoms with E-state index in [9.17, 15) is 27.9 Å². The van der Waals surface area contributed by atoms with Gasteiger partial charge in [-0.15, -0.1) is 0 Å². The van der Waals surface area contributed by atoms with E-state index in [1.54, 1.807) is 13.0 Å². The monoisotopic (exact) mass is 314 g/mol. The number of aryl methyl sites for hydroxylation is 1. The number of aliphatic hydroxyl groups is 1. The predicted molar refractivity (Wildman–Crippen MR) is 72.0 cm³/mol.